The van der Waals surface area contributed by atoms with E-state index in [0.717, 1.165) is 5.57 Å². The Morgan fingerprint density at radius 3 is 2.40 bits per heavy atom. The molecule has 1 aromatic rings. The van der Waals surface area contributed by atoms with Crippen LogP contribution in [0.3, 0.4) is 0 Å². The number of ether oxygens (including phenoxy) is 3. The van der Waals surface area contributed by atoms with Gasteiger partial charge in [0.05, 0.1) is 22.1 Å². The number of carbonyl (C=O) groups is 5. The summed E-state index contributed by atoms with van der Waals surface area (Å²) in [6.45, 7) is 9.58. The summed E-state index contributed by atoms with van der Waals surface area (Å²) in [5.41, 5.74) is -0.458. The van der Waals surface area contributed by atoms with Crippen molar-refractivity contribution in [1.82, 2.24) is 4.90 Å². The topological polar surface area (TPSA) is 137 Å². The van der Waals surface area contributed by atoms with Crippen molar-refractivity contribution in [2.24, 2.45) is 22.7 Å². The van der Waals surface area contributed by atoms with Crippen LogP contribution in [-0.4, -0.2) is 72.7 Å². The van der Waals surface area contributed by atoms with Gasteiger partial charge in [0.2, 0.25) is 5.91 Å². The summed E-state index contributed by atoms with van der Waals surface area (Å²) in [7, 11) is 3.41. The molecule has 1 heterocycles. The largest absolute Gasteiger partial charge is 0.478 e. The summed E-state index contributed by atoms with van der Waals surface area (Å²) in [5, 5.41) is 9.45. The number of aromatic carboxylic acids is 1. The van der Waals surface area contributed by atoms with Gasteiger partial charge in [-0.25, -0.2) is 14.4 Å². The van der Waals surface area contributed by atoms with Gasteiger partial charge in [-0.05, 0) is 68.4 Å². The third-order valence-corrected chi connectivity index (χ3v) is 9.50. The second-order valence-electron chi connectivity index (χ2n) is 12.2. The molecule has 1 saturated heterocycles. The van der Waals surface area contributed by atoms with Gasteiger partial charge in [-0.2, -0.15) is 0 Å². The zero-order valence-corrected chi connectivity index (χ0v) is 24.8. The molecule has 0 radical (unpaired) electrons. The molecule has 1 amide bonds. The van der Waals surface area contributed by atoms with E-state index in [9.17, 15) is 29.1 Å². The van der Waals surface area contributed by atoms with E-state index in [0.29, 0.717) is 32.1 Å². The Hall–Kier alpha value is -3.95. The van der Waals surface area contributed by atoms with Crippen LogP contribution >= 0.6 is 0 Å². The van der Waals surface area contributed by atoms with E-state index in [1.165, 1.54) is 31.2 Å². The van der Waals surface area contributed by atoms with Gasteiger partial charge >= 0.3 is 23.9 Å². The van der Waals surface area contributed by atoms with Crippen LogP contribution in [0.2, 0.25) is 0 Å². The maximum absolute atomic E-state index is 13.7. The molecule has 1 N–H and O–H groups in total. The van der Waals surface area contributed by atoms with Crippen molar-refractivity contribution in [3.8, 4) is 0 Å². The van der Waals surface area contributed by atoms with Crippen molar-refractivity contribution in [3.05, 3.63) is 59.2 Å². The van der Waals surface area contributed by atoms with Gasteiger partial charge in [-0.1, -0.05) is 37.3 Å². The number of fused-ring (bicyclic) bond motifs is 1. The van der Waals surface area contributed by atoms with Crippen molar-refractivity contribution in [3.63, 3.8) is 0 Å². The van der Waals surface area contributed by atoms with Gasteiger partial charge in [0, 0.05) is 21.0 Å². The molecule has 10 heteroatoms. The third kappa shape index (κ3) is 5.46. The van der Waals surface area contributed by atoms with E-state index in [-0.39, 0.29) is 41.0 Å². The fraction of sp³-hybridized carbons (Fsp3) is 0.531. The van der Waals surface area contributed by atoms with Gasteiger partial charge in [-0.3, -0.25) is 9.59 Å². The number of allylic oxidation sites excluding steroid dienone is 2. The van der Waals surface area contributed by atoms with Gasteiger partial charge in [0.1, 0.15) is 12.7 Å². The molecule has 2 aliphatic carbocycles. The first-order valence-corrected chi connectivity index (χ1v) is 14.2. The van der Waals surface area contributed by atoms with E-state index in [1.54, 1.807) is 25.1 Å². The van der Waals surface area contributed by atoms with E-state index in [1.807, 2.05) is 6.92 Å². The van der Waals surface area contributed by atoms with Crippen molar-refractivity contribution < 1.29 is 43.3 Å². The zero-order valence-electron chi connectivity index (χ0n) is 24.8. The molecule has 1 aromatic carbocycles. The van der Waals surface area contributed by atoms with Crippen LogP contribution in [0, 0.1) is 22.7 Å². The lowest BCUT2D eigenvalue weighted by Gasteiger charge is -2.60. The van der Waals surface area contributed by atoms with Gasteiger partial charge < -0.3 is 24.2 Å². The first kappa shape index (κ1) is 31.0. The average molecular weight is 582 g/mol. The number of esters is 3. The lowest BCUT2D eigenvalue weighted by atomic mass is 9.45. The molecular formula is C32H39NO9. The van der Waals surface area contributed by atoms with Crippen LogP contribution < -0.4 is 0 Å². The minimum atomic E-state index is -1.26. The van der Waals surface area contributed by atoms with Crippen LogP contribution in [0.25, 0.3) is 0 Å². The van der Waals surface area contributed by atoms with Crippen LogP contribution in [0.4, 0.5) is 0 Å². The highest BCUT2D eigenvalue weighted by molar-refractivity contribution is 6.03. The number of hydrogen-bond acceptors (Lipinski definition) is 8. The summed E-state index contributed by atoms with van der Waals surface area (Å²) in [6.07, 6.45) is 3.15. The number of hydrogen-bond donors (Lipinski definition) is 1. The van der Waals surface area contributed by atoms with Crippen LogP contribution in [0.1, 0.15) is 73.6 Å². The Morgan fingerprint density at radius 2 is 1.79 bits per heavy atom. The smallest absolute Gasteiger partial charge is 0.339 e. The fourth-order valence-electron chi connectivity index (χ4n) is 7.48. The number of nitrogens with zero attached hydrogens (tertiary/aromatic N) is 1. The first-order valence-electron chi connectivity index (χ1n) is 14.2. The molecule has 3 aliphatic rings. The minimum Gasteiger partial charge on any atom is -0.478 e. The number of amides is 1. The minimum absolute atomic E-state index is 0.0951. The maximum Gasteiger partial charge on any atom is 0.339 e. The quantitative estimate of drug-likeness (QED) is 0.217. The number of cyclic esters (lactones) is 1. The lowest BCUT2D eigenvalue weighted by molar-refractivity contribution is -0.188. The Balaban J connectivity index is 1.62. The summed E-state index contributed by atoms with van der Waals surface area (Å²) in [4.78, 5) is 64.4. The number of rotatable bonds is 7. The molecule has 1 aliphatic heterocycles. The fourth-order valence-corrected chi connectivity index (χ4v) is 7.48. The lowest BCUT2D eigenvalue weighted by Crippen LogP contribution is -2.62. The standard InChI is InChI=1S/C32H39NO9/c1-18-11-14-25-31(3,16-15-26(41-19(2)34)32(25,4)30(39)33(5)6)23(18)13-12-22-24(17-40-28(22)37)42-29(38)21-10-8-7-9-20(21)27(35)36/h7-10,12,23-26H,1,11,13-17H2,2-6H3,(H,35,36)/b22-12+/t23-,24-,25+,26-,31+,32+/m1/s1. The normalized spacial score (nSPS) is 31.6. The molecule has 2 saturated carbocycles. The molecule has 0 unspecified atom stereocenters. The summed E-state index contributed by atoms with van der Waals surface area (Å²) in [6, 6.07) is 5.71. The first-order chi connectivity index (χ1) is 19.7. The van der Waals surface area contributed by atoms with Gasteiger partial charge in [0.25, 0.3) is 0 Å². The van der Waals surface area contributed by atoms with Crippen molar-refractivity contribution in [2.75, 3.05) is 20.7 Å². The number of carbonyl (C=O) groups excluding carboxylic acids is 4. The molecule has 0 spiro atoms. The number of carboxylic acid groups (broad SMARTS) is 1. The molecule has 10 nitrogen and oxygen atoms in total. The monoisotopic (exact) mass is 581 g/mol. The summed E-state index contributed by atoms with van der Waals surface area (Å²) in [5.74, 6) is -3.47. The zero-order chi connectivity index (χ0) is 31.0. The highest BCUT2D eigenvalue weighted by Gasteiger charge is 2.62. The second-order valence-corrected chi connectivity index (χ2v) is 12.2. The van der Waals surface area contributed by atoms with E-state index >= 15 is 0 Å². The van der Waals surface area contributed by atoms with Crippen LogP contribution in [0.5, 0.6) is 0 Å². The van der Waals surface area contributed by atoms with Crippen molar-refractivity contribution in [2.45, 2.75) is 65.1 Å². The predicted molar refractivity (Wildman–Crippen MR) is 151 cm³/mol. The van der Waals surface area contributed by atoms with Gasteiger partial charge in [0.15, 0.2) is 6.10 Å². The summed E-state index contributed by atoms with van der Waals surface area (Å²) < 4.78 is 16.5. The van der Waals surface area contributed by atoms with Crippen molar-refractivity contribution >= 4 is 29.8 Å². The summed E-state index contributed by atoms with van der Waals surface area (Å²) >= 11 is 0. The molecule has 0 bridgehead atoms. The highest BCUT2D eigenvalue weighted by atomic mass is 16.6. The molecule has 42 heavy (non-hydrogen) atoms. The maximum atomic E-state index is 13.7. The Bertz CT molecular complexity index is 1350. The molecule has 6 atom stereocenters. The highest BCUT2D eigenvalue weighted by Crippen LogP contribution is 2.62. The number of benzene rings is 1. The molecule has 4 rings (SSSR count). The Kier molecular flexibility index (Phi) is 8.66. The predicted octanol–water partition coefficient (Wildman–Crippen LogP) is 4.19. The average Bonchev–Trinajstić information content (AvgIpc) is 3.27. The van der Waals surface area contributed by atoms with Crippen molar-refractivity contribution in [1.29, 1.82) is 0 Å². The van der Waals surface area contributed by atoms with E-state index in [2.05, 4.69) is 13.5 Å². The Morgan fingerprint density at radius 1 is 1.12 bits per heavy atom. The van der Waals surface area contributed by atoms with E-state index in [4.69, 9.17) is 14.2 Å². The molecule has 0 aromatic heterocycles. The van der Waals surface area contributed by atoms with E-state index < -0.39 is 46.9 Å². The Labute approximate surface area is 245 Å². The van der Waals surface area contributed by atoms with Crippen LogP contribution in [0.15, 0.2) is 48.1 Å². The SMILES string of the molecule is C=C1CC[C@H]2[C@@](C)(CC[C@@H](OC(C)=O)[C@@]2(C)C(=O)N(C)C)[C@@H]1C/C=C1/C(=O)OC[C@H]1OC(=O)c1ccccc1C(=O)O. The van der Waals surface area contributed by atoms with Gasteiger partial charge in [-0.15, -0.1) is 0 Å². The number of carboxylic acids is 1. The molecule has 3 fully saturated rings. The third-order valence-electron chi connectivity index (χ3n) is 9.50. The molecule has 226 valence electrons. The van der Waals surface area contributed by atoms with Crippen LogP contribution in [-0.2, 0) is 28.6 Å². The second kappa shape index (κ2) is 11.7. The molecular weight excluding hydrogens is 542 g/mol.